The maximum absolute atomic E-state index is 13.4. The molecular weight excluding hydrogens is 181 g/mol. The van der Waals surface area contributed by atoms with Crippen molar-refractivity contribution in [2.75, 3.05) is 0 Å². The van der Waals surface area contributed by atoms with E-state index in [9.17, 15) is 9.18 Å². The average Bonchev–Trinajstić information content (AvgIpc) is 2.01. The lowest BCUT2D eigenvalue weighted by Gasteiger charge is -2.13. The Bertz CT molecular complexity index is 349. The van der Waals surface area contributed by atoms with E-state index in [4.69, 9.17) is 0 Å². The molecule has 1 atom stereocenters. The van der Waals surface area contributed by atoms with Crippen molar-refractivity contribution in [3.8, 4) is 0 Å². The van der Waals surface area contributed by atoms with Gasteiger partial charge < -0.3 is 5.32 Å². The van der Waals surface area contributed by atoms with Crippen LogP contribution in [-0.2, 0) is 4.79 Å². The second-order valence-electron chi connectivity index (χ2n) is 3.45. The van der Waals surface area contributed by atoms with E-state index in [0.29, 0.717) is 5.56 Å². The summed E-state index contributed by atoms with van der Waals surface area (Å²) in [5, 5.41) is 2.64. The third kappa shape index (κ3) is 2.55. The van der Waals surface area contributed by atoms with Gasteiger partial charge in [0.2, 0.25) is 5.91 Å². The number of carbonyl (C=O) groups excluding carboxylic acids is 1. The second kappa shape index (κ2) is 4.22. The lowest BCUT2D eigenvalue weighted by Crippen LogP contribution is -2.24. The number of hydrogen-bond acceptors (Lipinski definition) is 1. The molecule has 0 aliphatic heterocycles. The molecule has 0 fully saturated rings. The first-order valence-electron chi connectivity index (χ1n) is 4.54. The van der Waals surface area contributed by atoms with Crippen LogP contribution in [0.1, 0.15) is 31.0 Å². The highest BCUT2D eigenvalue weighted by Gasteiger charge is 2.11. The van der Waals surface area contributed by atoms with E-state index in [1.165, 1.54) is 13.0 Å². The van der Waals surface area contributed by atoms with E-state index in [1.54, 1.807) is 13.0 Å². The van der Waals surface area contributed by atoms with Crippen molar-refractivity contribution in [2.24, 2.45) is 0 Å². The quantitative estimate of drug-likeness (QED) is 0.771. The van der Waals surface area contributed by atoms with Gasteiger partial charge in [-0.1, -0.05) is 12.1 Å². The largest absolute Gasteiger partial charge is 0.350 e. The van der Waals surface area contributed by atoms with Crippen LogP contribution < -0.4 is 5.32 Å². The maximum atomic E-state index is 13.4. The summed E-state index contributed by atoms with van der Waals surface area (Å²) in [6.45, 7) is 5.01. The fraction of sp³-hybridized carbons (Fsp3) is 0.364. The van der Waals surface area contributed by atoms with Gasteiger partial charge in [0.1, 0.15) is 5.82 Å². The zero-order valence-corrected chi connectivity index (χ0v) is 8.60. The van der Waals surface area contributed by atoms with Crippen molar-refractivity contribution in [3.05, 3.63) is 35.1 Å². The molecule has 76 valence electrons. The standard InChI is InChI=1S/C11H14FNO/c1-7-4-5-10(11(12)6-7)8(2)13-9(3)14/h4-6,8H,1-3H3,(H,13,14). The van der Waals surface area contributed by atoms with Gasteiger partial charge >= 0.3 is 0 Å². The Kier molecular flexibility index (Phi) is 3.23. The number of aryl methyl sites for hydroxylation is 1. The van der Waals surface area contributed by atoms with Crippen molar-refractivity contribution in [3.63, 3.8) is 0 Å². The van der Waals surface area contributed by atoms with Crippen molar-refractivity contribution in [1.82, 2.24) is 5.32 Å². The molecular formula is C11H14FNO. The number of carbonyl (C=O) groups is 1. The molecule has 0 heterocycles. The summed E-state index contributed by atoms with van der Waals surface area (Å²) in [6, 6.07) is 4.71. The highest BCUT2D eigenvalue weighted by atomic mass is 19.1. The summed E-state index contributed by atoms with van der Waals surface area (Å²) in [6.07, 6.45) is 0. The van der Waals surface area contributed by atoms with E-state index in [-0.39, 0.29) is 17.8 Å². The minimum atomic E-state index is -0.284. The molecule has 1 rings (SSSR count). The molecule has 0 aromatic heterocycles. The molecule has 0 spiro atoms. The van der Waals surface area contributed by atoms with Crippen molar-refractivity contribution < 1.29 is 9.18 Å². The van der Waals surface area contributed by atoms with Gasteiger partial charge in [-0.05, 0) is 25.5 Å². The summed E-state index contributed by atoms with van der Waals surface area (Å²) in [5.74, 6) is -0.427. The van der Waals surface area contributed by atoms with Crippen molar-refractivity contribution in [2.45, 2.75) is 26.8 Å². The lowest BCUT2D eigenvalue weighted by atomic mass is 10.1. The van der Waals surface area contributed by atoms with Crippen LogP contribution in [0.2, 0.25) is 0 Å². The predicted molar refractivity (Wildman–Crippen MR) is 53.4 cm³/mol. The molecule has 0 saturated carbocycles. The fourth-order valence-corrected chi connectivity index (χ4v) is 1.37. The Hall–Kier alpha value is -1.38. The Morgan fingerprint density at radius 1 is 1.50 bits per heavy atom. The topological polar surface area (TPSA) is 29.1 Å². The molecule has 3 heteroatoms. The summed E-state index contributed by atoms with van der Waals surface area (Å²) < 4.78 is 13.4. The van der Waals surface area contributed by atoms with E-state index in [2.05, 4.69) is 5.32 Å². The molecule has 0 bridgehead atoms. The highest BCUT2D eigenvalue weighted by molar-refractivity contribution is 5.73. The number of amides is 1. The number of halogens is 1. The SMILES string of the molecule is CC(=O)NC(C)c1ccc(C)cc1F. The molecule has 0 saturated heterocycles. The third-order valence-electron chi connectivity index (χ3n) is 2.04. The van der Waals surface area contributed by atoms with Gasteiger partial charge in [0.05, 0.1) is 6.04 Å². The summed E-state index contributed by atoms with van der Waals surface area (Å²) >= 11 is 0. The van der Waals surface area contributed by atoms with E-state index < -0.39 is 0 Å². The Morgan fingerprint density at radius 2 is 2.14 bits per heavy atom. The van der Waals surface area contributed by atoms with Gasteiger partial charge in [-0.2, -0.15) is 0 Å². The van der Waals surface area contributed by atoms with Gasteiger partial charge in [-0.25, -0.2) is 4.39 Å². The summed E-state index contributed by atoms with van der Waals surface area (Å²) in [5.41, 5.74) is 1.40. The zero-order valence-electron chi connectivity index (χ0n) is 8.60. The molecule has 1 N–H and O–H groups in total. The Balaban J connectivity index is 2.90. The molecule has 0 aliphatic carbocycles. The molecule has 1 amide bonds. The number of rotatable bonds is 2. The Morgan fingerprint density at radius 3 is 2.64 bits per heavy atom. The normalized spacial score (nSPS) is 12.3. The second-order valence-corrected chi connectivity index (χ2v) is 3.45. The van der Waals surface area contributed by atoms with E-state index in [0.717, 1.165) is 5.56 Å². The van der Waals surface area contributed by atoms with Crippen LogP contribution in [0, 0.1) is 12.7 Å². The maximum Gasteiger partial charge on any atom is 0.217 e. The van der Waals surface area contributed by atoms with E-state index >= 15 is 0 Å². The molecule has 1 aromatic rings. The van der Waals surface area contributed by atoms with Crippen LogP contribution in [0.5, 0.6) is 0 Å². The summed E-state index contributed by atoms with van der Waals surface area (Å²) in [7, 11) is 0. The van der Waals surface area contributed by atoms with Gasteiger partial charge in [-0.15, -0.1) is 0 Å². The van der Waals surface area contributed by atoms with E-state index in [1.807, 2.05) is 13.0 Å². The van der Waals surface area contributed by atoms with Crippen LogP contribution in [0.3, 0.4) is 0 Å². The molecule has 2 nitrogen and oxygen atoms in total. The van der Waals surface area contributed by atoms with Crippen LogP contribution in [0.25, 0.3) is 0 Å². The molecule has 0 aliphatic rings. The fourth-order valence-electron chi connectivity index (χ4n) is 1.37. The first kappa shape index (κ1) is 10.7. The first-order chi connectivity index (χ1) is 6.50. The molecule has 14 heavy (non-hydrogen) atoms. The first-order valence-corrected chi connectivity index (χ1v) is 4.54. The number of nitrogens with one attached hydrogen (secondary N) is 1. The average molecular weight is 195 g/mol. The zero-order chi connectivity index (χ0) is 10.7. The van der Waals surface area contributed by atoms with Gasteiger partial charge in [0.25, 0.3) is 0 Å². The minimum Gasteiger partial charge on any atom is -0.350 e. The summed E-state index contributed by atoms with van der Waals surface area (Å²) in [4.78, 5) is 10.8. The third-order valence-corrected chi connectivity index (χ3v) is 2.04. The van der Waals surface area contributed by atoms with Gasteiger partial charge in [-0.3, -0.25) is 4.79 Å². The molecule has 1 aromatic carbocycles. The lowest BCUT2D eigenvalue weighted by molar-refractivity contribution is -0.119. The number of hydrogen-bond donors (Lipinski definition) is 1. The molecule has 0 radical (unpaired) electrons. The highest BCUT2D eigenvalue weighted by Crippen LogP contribution is 2.17. The van der Waals surface area contributed by atoms with Crippen LogP contribution in [0.4, 0.5) is 4.39 Å². The van der Waals surface area contributed by atoms with Crippen LogP contribution in [-0.4, -0.2) is 5.91 Å². The van der Waals surface area contributed by atoms with Gasteiger partial charge in [0, 0.05) is 12.5 Å². The van der Waals surface area contributed by atoms with Crippen molar-refractivity contribution in [1.29, 1.82) is 0 Å². The van der Waals surface area contributed by atoms with Crippen molar-refractivity contribution >= 4 is 5.91 Å². The monoisotopic (exact) mass is 195 g/mol. The number of benzene rings is 1. The van der Waals surface area contributed by atoms with Gasteiger partial charge in [0.15, 0.2) is 0 Å². The predicted octanol–water partition coefficient (Wildman–Crippen LogP) is 2.33. The Labute approximate surface area is 83.1 Å². The minimum absolute atomic E-state index is 0.155. The smallest absolute Gasteiger partial charge is 0.217 e. The molecule has 1 unspecified atom stereocenters. The van der Waals surface area contributed by atoms with Crippen LogP contribution in [0.15, 0.2) is 18.2 Å². The van der Waals surface area contributed by atoms with Crippen LogP contribution >= 0.6 is 0 Å².